The summed E-state index contributed by atoms with van der Waals surface area (Å²) < 4.78 is 4.77. The third-order valence-electron chi connectivity index (χ3n) is 2.62. The summed E-state index contributed by atoms with van der Waals surface area (Å²) in [5, 5.41) is 3.73. The Morgan fingerprint density at radius 1 is 1.60 bits per heavy atom. The Balaban J connectivity index is 2.50. The zero-order valence-corrected chi connectivity index (χ0v) is 12.9. The van der Waals surface area contributed by atoms with Crippen molar-refractivity contribution in [1.29, 1.82) is 0 Å². The number of nitrogens with one attached hydrogen (secondary N) is 2. The first-order valence-corrected chi connectivity index (χ1v) is 7.57. The second kappa shape index (κ2) is 8.76. The standard InChI is InChI=1S/C13H21N3O3S/c1-4-6-14-10(12(18)19-3)5-7-20-13-15-9(2)8-11(17)16-13/h8,10,14H,4-7H2,1-3H3,(H,15,16,17). The van der Waals surface area contributed by atoms with E-state index in [9.17, 15) is 9.59 Å². The van der Waals surface area contributed by atoms with Gasteiger partial charge in [-0.05, 0) is 26.3 Å². The molecule has 1 unspecified atom stereocenters. The highest BCUT2D eigenvalue weighted by molar-refractivity contribution is 7.99. The van der Waals surface area contributed by atoms with Crippen LogP contribution in [0.5, 0.6) is 0 Å². The molecule has 0 aliphatic rings. The van der Waals surface area contributed by atoms with Gasteiger partial charge in [0.25, 0.3) is 5.56 Å². The molecule has 1 heterocycles. The SMILES string of the molecule is CCCNC(CCSc1nc(C)cc(=O)[nH]1)C(=O)OC. The summed E-state index contributed by atoms with van der Waals surface area (Å²) in [6.45, 7) is 4.58. The van der Waals surface area contributed by atoms with Crippen LogP contribution in [0.4, 0.5) is 0 Å². The molecule has 1 rings (SSSR count). The highest BCUT2D eigenvalue weighted by Gasteiger charge is 2.17. The lowest BCUT2D eigenvalue weighted by Gasteiger charge is -2.15. The summed E-state index contributed by atoms with van der Waals surface area (Å²) in [4.78, 5) is 29.8. The first-order valence-electron chi connectivity index (χ1n) is 6.58. The van der Waals surface area contributed by atoms with Gasteiger partial charge in [-0.1, -0.05) is 18.7 Å². The van der Waals surface area contributed by atoms with Crippen LogP contribution in [0.1, 0.15) is 25.5 Å². The monoisotopic (exact) mass is 299 g/mol. The van der Waals surface area contributed by atoms with Gasteiger partial charge in [0.05, 0.1) is 7.11 Å². The van der Waals surface area contributed by atoms with Gasteiger partial charge in [0.2, 0.25) is 0 Å². The van der Waals surface area contributed by atoms with Gasteiger partial charge in [0.15, 0.2) is 5.16 Å². The van der Waals surface area contributed by atoms with Gasteiger partial charge in [-0.2, -0.15) is 0 Å². The van der Waals surface area contributed by atoms with E-state index in [1.165, 1.54) is 24.9 Å². The molecular weight excluding hydrogens is 278 g/mol. The van der Waals surface area contributed by atoms with Crippen molar-refractivity contribution >= 4 is 17.7 Å². The van der Waals surface area contributed by atoms with E-state index in [4.69, 9.17) is 4.74 Å². The molecule has 0 aromatic carbocycles. The number of methoxy groups -OCH3 is 1. The van der Waals surface area contributed by atoms with Crippen molar-refractivity contribution in [2.45, 2.75) is 37.9 Å². The van der Waals surface area contributed by atoms with Gasteiger partial charge in [-0.3, -0.25) is 9.59 Å². The molecule has 0 aliphatic carbocycles. The molecule has 0 fully saturated rings. The Morgan fingerprint density at radius 3 is 2.95 bits per heavy atom. The van der Waals surface area contributed by atoms with Gasteiger partial charge in [0, 0.05) is 17.5 Å². The highest BCUT2D eigenvalue weighted by atomic mass is 32.2. The summed E-state index contributed by atoms with van der Waals surface area (Å²) in [5.74, 6) is 0.410. The Hall–Kier alpha value is -1.34. The van der Waals surface area contributed by atoms with Gasteiger partial charge < -0.3 is 15.0 Å². The minimum atomic E-state index is -0.316. The zero-order chi connectivity index (χ0) is 15.0. The number of hydrogen-bond acceptors (Lipinski definition) is 6. The van der Waals surface area contributed by atoms with Crippen molar-refractivity contribution in [2.24, 2.45) is 0 Å². The molecule has 7 heteroatoms. The predicted molar refractivity (Wildman–Crippen MR) is 79.0 cm³/mol. The molecule has 0 aliphatic heterocycles. The normalized spacial score (nSPS) is 12.2. The van der Waals surface area contributed by atoms with Gasteiger partial charge >= 0.3 is 5.97 Å². The number of rotatable bonds is 8. The number of carbonyl (C=O) groups excluding carboxylic acids is 1. The molecule has 0 spiro atoms. The van der Waals surface area contributed by atoms with Crippen LogP contribution in [0.2, 0.25) is 0 Å². The lowest BCUT2D eigenvalue weighted by atomic mass is 10.2. The molecule has 0 radical (unpaired) electrons. The fraction of sp³-hybridized carbons (Fsp3) is 0.615. The predicted octanol–water partition coefficient (Wildman–Crippen LogP) is 1.10. The maximum absolute atomic E-state index is 11.6. The number of esters is 1. The van der Waals surface area contributed by atoms with Crippen LogP contribution in [0.25, 0.3) is 0 Å². The van der Waals surface area contributed by atoms with Crippen molar-refractivity contribution in [3.05, 3.63) is 22.1 Å². The van der Waals surface area contributed by atoms with E-state index < -0.39 is 0 Å². The first kappa shape index (κ1) is 16.7. The largest absolute Gasteiger partial charge is 0.468 e. The number of H-pyrrole nitrogens is 1. The molecule has 0 bridgehead atoms. The quantitative estimate of drug-likeness (QED) is 0.425. The van der Waals surface area contributed by atoms with E-state index in [0.717, 1.165) is 13.0 Å². The Labute approximate surface area is 122 Å². The van der Waals surface area contributed by atoms with Gasteiger partial charge in [-0.15, -0.1) is 0 Å². The molecule has 20 heavy (non-hydrogen) atoms. The summed E-state index contributed by atoms with van der Waals surface area (Å²) in [5.41, 5.74) is 0.526. The van der Waals surface area contributed by atoms with Crippen LogP contribution in [0.15, 0.2) is 16.0 Å². The van der Waals surface area contributed by atoms with Crippen molar-refractivity contribution in [3.63, 3.8) is 0 Å². The maximum Gasteiger partial charge on any atom is 0.322 e. The van der Waals surface area contributed by atoms with Crippen LogP contribution >= 0.6 is 11.8 Å². The van der Waals surface area contributed by atoms with Crippen LogP contribution in [-0.2, 0) is 9.53 Å². The van der Waals surface area contributed by atoms with E-state index in [-0.39, 0.29) is 17.6 Å². The summed E-state index contributed by atoms with van der Waals surface area (Å²) in [7, 11) is 1.38. The number of aromatic amines is 1. The molecule has 112 valence electrons. The van der Waals surface area contributed by atoms with Crippen molar-refractivity contribution in [2.75, 3.05) is 19.4 Å². The van der Waals surface area contributed by atoms with E-state index >= 15 is 0 Å². The molecule has 2 N–H and O–H groups in total. The molecule has 0 saturated carbocycles. The third-order valence-corrected chi connectivity index (χ3v) is 3.53. The van der Waals surface area contributed by atoms with E-state index in [1.807, 2.05) is 6.92 Å². The van der Waals surface area contributed by atoms with E-state index in [2.05, 4.69) is 15.3 Å². The zero-order valence-electron chi connectivity index (χ0n) is 12.1. The van der Waals surface area contributed by atoms with Crippen molar-refractivity contribution in [3.8, 4) is 0 Å². The summed E-state index contributed by atoms with van der Waals surface area (Å²) >= 11 is 1.42. The molecule has 0 saturated heterocycles. The molecule has 1 aromatic rings. The second-order valence-electron chi connectivity index (χ2n) is 4.36. The Morgan fingerprint density at radius 2 is 2.35 bits per heavy atom. The average molecular weight is 299 g/mol. The second-order valence-corrected chi connectivity index (χ2v) is 5.44. The van der Waals surface area contributed by atoms with E-state index in [1.54, 1.807) is 6.92 Å². The summed E-state index contributed by atoms with van der Waals surface area (Å²) in [6.07, 6.45) is 1.57. The van der Waals surface area contributed by atoms with Crippen molar-refractivity contribution < 1.29 is 9.53 Å². The van der Waals surface area contributed by atoms with Gasteiger partial charge in [0.1, 0.15) is 6.04 Å². The lowest BCUT2D eigenvalue weighted by Crippen LogP contribution is -2.38. The number of hydrogen-bond donors (Lipinski definition) is 2. The number of ether oxygens (including phenoxy) is 1. The molecule has 0 amide bonds. The maximum atomic E-state index is 11.6. The highest BCUT2D eigenvalue weighted by Crippen LogP contribution is 2.14. The Bertz CT molecular complexity index is 490. The number of thioether (sulfide) groups is 1. The molecule has 1 atom stereocenters. The molecule has 6 nitrogen and oxygen atoms in total. The first-order chi connectivity index (χ1) is 9.56. The molecule has 1 aromatic heterocycles. The minimum absolute atomic E-state index is 0.159. The molecular formula is C13H21N3O3S. The fourth-order valence-corrected chi connectivity index (χ4v) is 2.59. The number of aromatic nitrogens is 2. The number of nitrogens with zero attached hydrogens (tertiary/aromatic N) is 1. The van der Waals surface area contributed by atoms with E-state index in [0.29, 0.717) is 23.0 Å². The third kappa shape index (κ3) is 5.75. The summed E-state index contributed by atoms with van der Waals surface area (Å²) in [6, 6.07) is 1.13. The van der Waals surface area contributed by atoms with Crippen LogP contribution in [0, 0.1) is 6.92 Å². The Kier molecular flexibility index (Phi) is 7.32. The van der Waals surface area contributed by atoms with Gasteiger partial charge in [-0.25, -0.2) is 4.98 Å². The fourth-order valence-electron chi connectivity index (χ4n) is 1.66. The smallest absolute Gasteiger partial charge is 0.322 e. The number of carbonyl (C=O) groups is 1. The van der Waals surface area contributed by atoms with Crippen LogP contribution in [0.3, 0.4) is 0 Å². The van der Waals surface area contributed by atoms with Crippen molar-refractivity contribution in [1.82, 2.24) is 15.3 Å². The number of aryl methyl sites for hydroxylation is 1. The minimum Gasteiger partial charge on any atom is -0.468 e. The topological polar surface area (TPSA) is 84.1 Å². The van der Waals surface area contributed by atoms with Crippen LogP contribution in [-0.4, -0.2) is 41.4 Å². The van der Waals surface area contributed by atoms with Crippen LogP contribution < -0.4 is 10.9 Å². The average Bonchev–Trinajstić information content (AvgIpc) is 2.40. The lowest BCUT2D eigenvalue weighted by molar-refractivity contribution is -0.143.